The summed E-state index contributed by atoms with van der Waals surface area (Å²) in [5.41, 5.74) is -6.26. The number of fused-ring (bicyclic) bond motifs is 1. The molecule has 0 spiro atoms. The fraction of sp³-hybridized carbons (Fsp3) is 0.500. The molecule has 0 aliphatic carbocycles. The molecule has 29 heavy (non-hydrogen) atoms. The first-order chi connectivity index (χ1) is 13.4. The Kier molecular flexibility index (Phi) is 5.05. The van der Waals surface area contributed by atoms with Crippen LogP contribution in [0.1, 0.15) is 44.4 Å². The van der Waals surface area contributed by atoms with Crippen molar-refractivity contribution < 1.29 is 26.5 Å². The molecule has 2 heterocycles. The molecule has 0 radical (unpaired) electrons. The minimum absolute atomic E-state index is 0.0176. The van der Waals surface area contributed by atoms with Crippen molar-refractivity contribution in [1.29, 1.82) is 0 Å². The zero-order chi connectivity index (χ0) is 21.7. The lowest BCUT2D eigenvalue weighted by Crippen LogP contribution is -2.38. The minimum Gasteiger partial charge on any atom is -0.354 e. The van der Waals surface area contributed by atoms with Gasteiger partial charge in [-0.05, 0) is 19.1 Å². The molecule has 0 fully saturated rings. The molecule has 13 heteroatoms. The number of sulfone groups is 1. The fourth-order valence-corrected chi connectivity index (χ4v) is 4.14. The molecule has 0 N–H and O–H groups in total. The number of benzene rings is 1. The van der Waals surface area contributed by atoms with Crippen LogP contribution in [0, 0.1) is 10.1 Å². The first-order valence-electron chi connectivity index (χ1n) is 8.65. The van der Waals surface area contributed by atoms with E-state index in [4.69, 9.17) is 0 Å². The van der Waals surface area contributed by atoms with Crippen molar-refractivity contribution in [2.45, 2.75) is 49.7 Å². The van der Waals surface area contributed by atoms with Gasteiger partial charge in [-0.2, -0.15) is 13.2 Å². The Morgan fingerprint density at radius 3 is 2.45 bits per heavy atom. The lowest BCUT2D eigenvalue weighted by molar-refractivity contribution is -0.384. The average molecular weight is 433 g/mol. The quantitative estimate of drug-likeness (QED) is 0.538. The van der Waals surface area contributed by atoms with Crippen LogP contribution in [0.4, 0.5) is 24.5 Å². The minimum atomic E-state index is -5.70. The van der Waals surface area contributed by atoms with Gasteiger partial charge in [0.2, 0.25) is 0 Å². The molecule has 1 atom stereocenters. The highest BCUT2D eigenvalue weighted by atomic mass is 32.2. The van der Waals surface area contributed by atoms with Crippen LogP contribution in [0.15, 0.2) is 23.1 Å². The van der Waals surface area contributed by atoms with E-state index in [1.54, 1.807) is 11.8 Å². The molecule has 158 valence electrons. The topological polar surface area (TPSA) is 111 Å². The van der Waals surface area contributed by atoms with Crippen LogP contribution >= 0.6 is 0 Å². The van der Waals surface area contributed by atoms with Crippen molar-refractivity contribution in [2.24, 2.45) is 0 Å². The maximum absolute atomic E-state index is 12.8. The second-order valence-corrected chi connectivity index (χ2v) is 8.89. The Balaban J connectivity index is 2.06. The smallest absolute Gasteiger partial charge is 0.354 e. The molecule has 0 bridgehead atoms. The molecular weight excluding hydrogens is 415 g/mol. The third-order valence-electron chi connectivity index (χ3n) is 4.80. The SMILES string of the molecule is CC(C)c1nnc2n1CCN(c1ccc(S(=O)(=O)C(F)(F)F)cc1[N+](=O)[O-])C2C. The zero-order valence-electron chi connectivity index (χ0n) is 15.7. The molecule has 1 aromatic heterocycles. The lowest BCUT2D eigenvalue weighted by Gasteiger charge is -2.35. The van der Waals surface area contributed by atoms with E-state index in [1.165, 1.54) is 0 Å². The Morgan fingerprint density at radius 1 is 1.24 bits per heavy atom. The lowest BCUT2D eigenvalue weighted by atomic mass is 10.1. The Hall–Kier alpha value is -2.70. The van der Waals surface area contributed by atoms with Crippen molar-refractivity contribution in [3.63, 3.8) is 0 Å². The van der Waals surface area contributed by atoms with Gasteiger partial charge in [0.15, 0.2) is 5.82 Å². The van der Waals surface area contributed by atoms with Crippen LogP contribution in [-0.2, 0) is 16.4 Å². The summed E-state index contributed by atoms with van der Waals surface area (Å²) in [6, 6.07) is 1.76. The largest absolute Gasteiger partial charge is 0.501 e. The third-order valence-corrected chi connectivity index (χ3v) is 6.28. The van der Waals surface area contributed by atoms with Gasteiger partial charge >= 0.3 is 5.51 Å². The molecule has 9 nitrogen and oxygen atoms in total. The average Bonchev–Trinajstić information content (AvgIpc) is 3.06. The predicted octanol–water partition coefficient (Wildman–Crippen LogP) is 3.18. The van der Waals surface area contributed by atoms with E-state index in [0.29, 0.717) is 25.0 Å². The third kappa shape index (κ3) is 3.43. The van der Waals surface area contributed by atoms with Crippen molar-refractivity contribution in [3.05, 3.63) is 40.0 Å². The van der Waals surface area contributed by atoms with Crippen LogP contribution in [0.25, 0.3) is 0 Å². The second-order valence-electron chi connectivity index (χ2n) is 6.95. The standard InChI is InChI=1S/C16H18F3N5O4S/c1-9(2)14-20-21-15-10(3)22(6-7-23(14)15)12-5-4-11(8-13(12)24(25)26)29(27,28)16(17,18)19/h4-5,8-10H,6-7H2,1-3H3. The number of aromatic nitrogens is 3. The highest BCUT2D eigenvalue weighted by Gasteiger charge is 2.47. The maximum atomic E-state index is 12.8. The van der Waals surface area contributed by atoms with Gasteiger partial charge in [-0.3, -0.25) is 10.1 Å². The van der Waals surface area contributed by atoms with E-state index in [-0.39, 0.29) is 11.6 Å². The number of nitro benzene ring substituents is 1. The molecule has 1 aliphatic heterocycles. The number of nitro groups is 1. The molecule has 3 rings (SSSR count). The van der Waals surface area contributed by atoms with Crippen molar-refractivity contribution in [3.8, 4) is 0 Å². The van der Waals surface area contributed by atoms with E-state index < -0.39 is 36.9 Å². The Bertz CT molecular complexity index is 1060. The zero-order valence-corrected chi connectivity index (χ0v) is 16.5. The highest BCUT2D eigenvalue weighted by molar-refractivity contribution is 7.92. The normalized spacial score (nSPS) is 17.5. The molecule has 1 aliphatic rings. The van der Waals surface area contributed by atoms with Crippen LogP contribution < -0.4 is 4.90 Å². The number of hydrogen-bond acceptors (Lipinski definition) is 7. The molecule has 1 aromatic carbocycles. The van der Waals surface area contributed by atoms with E-state index in [1.807, 2.05) is 18.4 Å². The van der Waals surface area contributed by atoms with Crippen LogP contribution in [-0.4, -0.2) is 40.2 Å². The molecular formula is C16H18F3N5O4S. The van der Waals surface area contributed by atoms with Gasteiger partial charge in [0.05, 0.1) is 15.9 Å². The fourth-order valence-electron chi connectivity index (χ4n) is 3.36. The first-order valence-corrected chi connectivity index (χ1v) is 10.1. The molecule has 0 saturated carbocycles. The summed E-state index contributed by atoms with van der Waals surface area (Å²) < 4.78 is 63.6. The van der Waals surface area contributed by atoms with E-state index in [9.17, 15) is 31.7 Å². The Labute approximate surface area is 164 Å². The summed E-state index contributed by atoms with van der Waals surface area (Å²) >= 11 is 0. The summed E-state index contributed by atoms with van der Waals surface area (Å²) in [5.74, 6) is 1.46. The van der Waals surface area contributed by atoms with Gasteiger partial charge < -0.3 is 9.47 Å². The predicted molar refractivity (Wildman–Crippen MR) is 96.2 cm³/mol. The van der Waals surface area contributed by atoms with Gasteiger partial charge in [0.25, 0.3) is 15.5 Å². The number of alkyl halides is 3. The summed E-state index contributed by atoms with van der Waals surface area (Å²) in [6.45, 7) is 6.41. The molecule has 2 aromatic rings. The number of halogens is 3. The van der Waals surface area contributed by atoms with Crippen LogP contribution in [0.2, 0.25) is 0 Å². The van der Waals surface area contributed by atoms with E-state index in [2.05, 4.69) is 10.2 Å². The summed E-state index contributed by atoms with van der Waals surface area (Å²) in [7, 11) is -5.70. The molecule has 0 amide bonds. The first kappa shape index (κ1) is 21.0. The van der Waals surface area contributed by atoms with E-state index >= 15 is 0 Å². The number of hydrogen-bond donors (Lipinski definition) is 0. The number of anilines is 1. The van der Waals surface area contributed by atoms with Crippen molar-refractivity contribution in [1.82, 2.24) is 14.8 Å². The molecule has 1 unspecified atom stereocenters. The number of rotatable bonds is 4. The second kappa shape index (κ2) is 6.97. The van der Waals surface area contributed by atoms with Crippen molar-refractivity contribution in [2.75, 3.05) is 11.4 Å². The Morgan fingerprint density at radius 2 is 1.90 bits per heavy atom. The van der Waals surface area contributed by atoms with Gasteiger partial charge in [0.1, 0.15) is 11.5 Å². The van der Waals surface area contributed by atoms with E-state index in [0.717, 1.165) is 18.0 Å². The van der Waals surface area contributed by atoms with Gasteiger partial charge in [-0.1, -0.05) is 13.8 Å². The highest BCUT2D eigenvalue weighted by Crippen LogP contribution is 2.39. The molecule has 0 saturated heterocycles. The van der Waals surface area contributed by atoms with Crippen molar-refractivity contribution >= 4 is 21.2 Å². The summed E-state index contributed by atoms with van der Waals surface area (Å²) in [4.78, 5) is 11.1. The van der Waals surface area contributed by atoms with Gasteiger partial charge in [0, 0.05) is 25.1 Å². The van der Waals surface area contributed by atoms with Crippen LogP contribution in [0.3, 0.4) is 0 Å². The number of nitrogens with zero attached hydrogens (tertiary/aromatic N) is 5. The maximum Gasteiger partial charge on any atom is 0.501 e. The van der Waals surface area contributed by atoms with Crippen LogP contribution in [0.5, 0.6) is 0 Å². The summed E-state index contributed by atoms with van der Waals surface area (Å²) in [5, 5.41) is 19.8. The van der Waals surface area contributed by atoms with Gasteiger partial charge in [-0.15, -0.1) is 10.2 Å². The van der Waals surface area contributed by atoms with Gasteiger partial charge in [-0.25, -0.2) is 8.42 Å². The summed E-state index contributed by atoms with van der Waals surface area (Å²) in [6.07, 6.45) is 0. The monoisotopic (exact) mass is 433 g/mol.